The van der Waals surface area contributed by atoms with Crippen LogP contribution in [-0.4, -0.2) is 45.8 Å². The first kappa shape index (κ1) is 13.6. The zero-order chi connectivity index (χ0) is 14.1. The molecule has 1 aliphatic rings. The predicted molar refractivity (Wildman–Crippen MR) is 78.0 cm³/mol. The van der Waals surface area contributed by atoms with E-state index in [0.29, 0.717) is 28.7 Å². The molecule has 0 aromatic carbocycles. The number of H-pyrrole nitrogens is 1. The van der Waals surface area contributed by atoms with E-state index in [4.69, 9.17) is 16.7 Å². The minimum atomic E-state index is -0.0470. The second kappa shape index (κ2) is 5.55. The Morgan fingerprint density at radius 3 is 3.10 bits per heavy atom. The van der Waals surface area contributed by atoms with Crippen LogP contribution in [-0.2, 0) is 0 Å². The highest BCUT2D eigenvalue weighted by molar-refractivity contribution is 7.19. The summed E-state index contributed by atoms with van der Waals surface area (Å²) in [5, 5.41) is 16.0. The smallest absolute Gasteiger partial charge is 0.257 e. The summed E-state index contributed by atoms with van der Waals surface area (Å²) in [6.07, 6.45) is 2.40. The Morgan fingerprint density at radius 1 is 1.60 bits per heavy atom. The Bertz CT molecular complexity index is 625. The normalized spacial score (nSPS) is 18.7. The third-order valence-corrected chi connectivity index (χ3v) is 4.77. The lowest BCUT2D eigenvalue weighted by molar-refractivity contribution is 0.0782. The van der Waals surface area contributed by atoms with E-state index in [1.807, 2.05) is 6.07 Å². The molecule has 3 heterocycles. The lowest BCUT2D eigenvalue weighted by Gasteiger charge is -2.15. The molecule has 7 heteroatoms. The topological polar surface area (TPSA) is 69.2 Å². The Hall–Kier alpha value is -1.37. The number of carbonyl (C=O) groups excluding carboxylic acids is 1. The fraction of sp³-hybridized carbons (Fsp3) is 0.385. The van der Waals surface area contributed by atoms with Crippen molar-refractivity contribution in [2.75, 3.05) is 19.7 Å². The minimum Gasteiger partial charge on any atom is -0.396 e. The maximum atomic E-state index is 12.5. The van der Waals surface area contributed by atoms with Gasteiger partial charge in [-0.05, 0) is 18.6 Å². The van der Waals surface area contributed by atoms with Crippen molar-refractivity contribution in [2.24, 2.45) is 5.92 Å². The largest absolute Gasteiger partial charge is 0.396 e. The molecule has 0 aliphatic carbocycles. The monoisotopic (exact) mass is 311 g/mol. The quantitative estimate of drug-likeness (QED) is 0.913. The number of aromatic nitrogens is 2. The highest BCUT2D eigenvalue weighted by atomic mass is 35.5. The molecule has 5 nitrogen and oxygen atoms in total. The van der Waals surface area contributed by atoms with Crippen molar-refractivity contribution in [1.29, 1.82) is 0 Å². The van der Waals surface area contributed by atoms with Crippen LogP contribution in [0.3, 0.4) is 0 Å². The summed E-state index contributed by atoms with van der Waals surface area (Å²) in [5.74, 6) is 0.139. The zero-order valence-corrected chi connectivity index (χ0v) is 12.2. The Balaban J connectivity index is 1.85. The van der Waals surface area contributed by atoms with E-state index < -0.39 is 0 Å². The molecule has 0 bridgehead atoms. The number of amides is 1. The van der Waals surface area contributed by atoms with Gasteiger partial charge in [0.15, 0.2) is 0 Å². The van der Waals surface area contributed by atoms with E-state index >= 15 is 0 Å². The SMILES string of the molecule is O=C(c1cn[nH]c1-c1ccc(Cl)s1)N1CCC(CO)C1. The van der Waals surface area contributed by atoms with Crippen LogP contribution in [0.25, 0.3) is 10.6 Å². The van der Waals surface area contributed by atoms with Gasteiger partial charge in [0.25, 0.3) is 5.91 Å². The van der Waals surface area contributed by atoms with Crippen LogP contribution in [0.5, 0.6) is 0 Å². The van der Waals surface area contributed by atoms with Gasteiger partial charge < -0.3 is 10.0 Å². The third kappa shape index (κ3) is 2.46. The van der Waals surface area contributed by atoms with E-state index in [0.717, 1.165) is 11.3 Å². The molecule has 1 atom stereocenters. The molecule has 1 amide bonds. The van der Waals surface area contributed by atoms with Gasteiger partial charge in [0.2, 0.25) is 0 Å². The molecular formula is C13H14ClN3O2S. The van der Waals surface area contributed by atoms with Gasteiger partial charge in [0.05, 0.1) is 26.7 Å². The summed E-state index contributed by atoms with van der Waals surface area (Å²) in [4.78, 5) is 15.2. The lowest BCUT2D eigenvalue weighted by atomic mass is 10.1. The van der Waals surface area contributed by atoms with Crippen LogP contribution in [0.4, 0.5) is 0 Å². The fourth-order valence-electron chi connectivity index (χ4n) is 2.42. The lowest BCUT2D eigenvalue weighted by Crippen LogP contribution is -2.29. The fourth-order valence-corrected chi connectivity index (χ4v) is 3.47. The van der Waals surface area contributed by atoms with Crippen LogP contribution >= 0.6 is 22.9 Å². The molecule has 1 fully saturated rings. The molecule has 2 aromatic rings. The number of thiophene rings is 1. The van der Waals surface area contributed by atoms with Crippen molar-refractivity contribution in [3.63, 3.8) is 0 Å². The standard InChI is InChI=1S/C13H14ClN3O2S/c14-11-2-1-10(20-11)12-9(5-15-16-12)13(19)17-4-3-8(6-17)7-18/h1-2,5,8,18H,3-4,6-7H2,(H,15,16). The molecular weight excluding hydrogens is 298 g/mol. The van der Waals surface area contributed by atoms with E-state index in [-0.39, 0.29) is 18.4 Å². The summed E-state index contributed by atoms with van der Waals surface area (Å²) >= 11 is 7.34. The van der Waals surface area contributed by atoms with Crippen LogP contribution in [0.2, 0.25) is 4.34 Å². The van der Waals surface area contributed by atoms with Crippen LogP contribution in [0.15, 0.2) is 18.3 Å². The summed E-state index contributed by atoms with van der Waals surface area (Å²) in [6.45, 7) is 1.41. The van der Waals surface area contributed by atoms with E-state index in [1.165, 1.54) is 11.3 Å². The van der Waals surface area contributed by atoms with Crippen molar-refractivity contribution in [3.8, 4) is 10.6 Å². The van der Waals surface area contributed by atoms with Crippen molar-refractivity contribution in [3.05, 3.63) is 28.2 Å². The number of aliphatic hydroxyl groups excluding tert-OH is 1. The number of rotatable bonds is 3. The predicted octanol–water partition coefficient (Wildman–Crippen LogP) is 2.25. The number of hydrogen-bond donors (Lipinski definition) is 2. The first-order chi connectivity index (χ1) is 9.69. The first-order valence-corrected chi connectivity index (χ1v) is 7.57. The van der Waals surface area contributed by atoms with Gasteiger partial charge >= 0.3 is 0 Å². The van der Waals surface area contributed by atoms with E-state index in [2.05, 4.69) is 10.2 Å². The number of halogens is 1. The Kier molecular flexibility index (Phi) is 3.78. The van der Waals surface area contributed by atoms with Gasteiger partial charge in [0, 0.05) is 25.6 Å². The first-order valence-electron chi connectivity index (χ1n) is 6.38. The molecule has 1 saturated heterocycles. The molecule has 3 rings (SSSR count). The minimum absolute atomic E-state index is 0.0470. The second-order valence-electron chi connectivity index (χ2n) is 4.85. The van der Waals surface area contributed by atoms with Crippen molar-refractivity contribution < 1.29 is 9.90 Å². The molecule has 0 spiro atoms. The van der Waals surface area contributed by atoms with Crippen LogP contribution in [0.1, 0.15) is 16.8 Å². The van der Waals surface area contributed by atoms with Crippen molar-refractivity contribution in [2.45, 2.75) is 6.42 Å². The van der Waals surface area contributed by atoms with Crippen LogP contribution < -0.4 is 0 Å². The van der Waals surface area contributed by atoms with Crippen molar-refractivity contribution in [1.82, 2.24) is 15.1 Å². The highest BCUT2D eigenvalue weighted by Crippen LogP contribution is 2.32. The number of nitrogens with zero attached hydrogens (tertiary/aromatic N) is 2. The number of aromatic amines is 1. The molecule has 0 radical (unpaired) electrons. The van der Waals surface area contributed by atoms with Gasteiger partial charge in [-0.25, -0.2) is 0 Å². The van der Waals surface area contributed by atoms with Gasteiger partial charge in [-0.3, -0.25) is 9.89 Å². The molecule has 1 unspecified atom stereocenters. The number of likely N-dealkylation sites (tertiary alicyclic amines) is 1. The summed E-state index contributed by atoms with van der Waals surface area (Å²) in [6, 6.07) is 3.67. The molecule has 2 N–H and O–H groups in total. The van der Waals surface area contributed by atoms with Crippen molar-refractivity contribution >= 4 is 28.8 Å². The zero-order valence-electron chi connectivity index (χ0n) is 10.7. The summed E-state index contributed by atoms with van der Waals surface area (Å²) in [7, 11) is 0. The maximum Gasteiger partial charge on any atom is 0.257 e. The van der Waals surface area contributed by atoms with E-state index in [1.54, 1.807) is 17.2 Å². The molecule has 2 aromatic heterocycles. The Labute approximate surface area is 125 Å². The van der Waals surface area contributed by atoms with Gasteiger partial charge in [-0.1, -0.05) is 11.6 Å². The average Bonchev–Trinajstić information content (AvgIpc) is 3.17. The molecule has 106 valence electrons. The van der Waals surface area contributed by atoms with Gasteiger partial charge in [-0.2, -0.15) is 5.10 Å². The third-order valence-electron chi connectivity index (χ3n) is 3.52. The van der Waals surface area contributed by atoms with E-state index in [9.17, 15) is 4.79 Å². The van der Waals surface area contributed by atoms with Gasteiger partial charge in [-0.15, -0.1) is 11.3 Å². The average molecular weight is 312 g/mol. The Morgan fingerprint density at radius 2 is 2.45 bits per heavy atom. The molecule has 0 saturated carbocycles. The maximum absolute atomic E-state index is 12.5. The number of aliphatic hydroxyl groups is 1. The second-order valence-corrected chi connectivity index (χ2v) is 6.57. The highest BCUT2D eigenvalue weighted by Gasteiger charge is 2.28. The molecule has 20 heavy (non-hydrogen) atoms. The molecule has 1 aliphatic heterocycles. The van der Waals surface area contributed by atoms with Crippen LogP contribution in [0, 0.1) is 5.92 Å². The van der Waals surface area contributed by atoms with Gasteiger partial charge in [0.1, 0.15) is 0 Å². The summed E-state index contributed by atoms with van der Waals surface area (Å²) < 4.78 is 0.675. The summed E-state index contributed by atoms with van der Waals surface area (Å²) in [5.41, 5.74) is 1.27. The number of nitrogens with one attached hydrogen (secondary N) is 1. The number of hydrogen-bond acceptors (Lipinski definition) is 4. The number of carbonyl (C=O) groups is 1.